The molecule has 3 N–H and O–H groups in total. The van der Waals surface area contributed by atoms with Crippen LogP contribution >= 0.6 is 0 Å². The van der Waals surface area contributed by atoms with E-state index in [2.05, 4.69) is 45.3 Å². The Balaban J connectivity index is 1.75. The van der Waals surface area contributed by atoms with Crippen LogP contribution in [0.2, 0.25) is 0 Å². The maximum Gasteiger partial charge on any atom is 0.481 e. The Kier molecular flexibility index (Phi) is 5.29. The summed E-state index contributed by atoms with van der Waals surface area (Å²) in [6, 6.07) is 0. The zero-order valence-electron chi connectivity index (χ0n) is 18.2. The van der Waals surface area contributed by atoms with Crippen molar-refractivity contribution < 1.29 is 24.0 Å². The summed E-state index contributed by atoms with van der Waals surface area (Å²) in [5.74, 6) is 0.736. The largest absolute Gasteiger partial charge is 0.481 e. The predicted molar refractivity (Wildman–Crippen MR) is 107 cm³/mol. The normalized spacial score (nSPS) is 34.4. The fraction of sp³-hybridized carbons (Fsp3) is 0.900. The molecule has 2 amide bonds. The second kappa shape index (κ2) is 6.90. The Labute approximate surface area is 168 Å². The number of nitrogens with one attached hydrogen (secondary N) is 2. The molecule has 1 heterocycles. The van der Waals surface area contributed by atoms with Crippen LogP contribution in [-0.4, -0.2) is 47.4 Å². The molecule has 0 radical (unpaired) electrons. The van der Waals surface area contributed by atoms with Crippen LogP contribution < -0.4 is 10.6 Å². The summed E-state index contributed by atoms with van der Waals surface area (Å²) >= 11 is 0. The minimum absolute atomic E-state index is 0.0472. The summed E-state index contributed by atoms with van der Waals surface area (Å²) in [7, 11) is -0.517. The van der Waals surface area contributed by atoms with Gasteiger partial charge in [0.2, 0.25) is 5.91 Å². The van der Waals surface area contributed by atoms with Crippen molar-refractivity contribution in [3.05, 3.63) is 0 Å². The molecule has 0 aromatic rings. The molecule has 1 aliphatic heterocycles. The van der Waals surface area contributed by atoms with Gasteiger partial charge in [-0.25, -0.2) is 4.79 Å². The molecule has 4 fully saturated rings. The molecule has 2 bridgehead atoms. The Bertz CT molecular complexity index is 653. The van der Waals surface area contributed by atoms with Crippen molar-refractivity contribution >= 4 is 19.1 Å². The topological polar surface area (TPSA) is 96.9 Å². The van der Waals surface area contributed by atoms with Gasteiger partial charge in [0, 0.05) is 0 Å². The van der Waals surface area contributed by atoms with Crippen LogP contribution in [0.4, 0.5) is 4.79 Å². The Morgan fingerprint density at radius 2 is 1.89 bits per heavy atom. The summed E-state index contributed by atoms with van der Waals surface area (Å²) in [6.45, 7) is 14.1. The first-order valence-corrected chi connectivity index (χ1v) is 10.4. The van der Waals surface area contributed by atoms with Gasteiger partial charge in [0.25, 0.3) is 0 Å². The smallest absolute Gasteiger partial charge is 0.465 e. The molecule has 0 spiro atoms. The minimum Gasteiger partial charge on any atom is -0.465 e. The molecule has 0 unspecified atom stereocenters. The van der Waals surface area contributed by atoms with Gasteiger partial charge in [-0.2, -0.15) is 0 Å². The fourth-order valence-corrected chi connectivity index (χ4v) is 5.49. The third-order valence-corrected chi connectivity index (χ3v) is 7.33. The van der Waals surface area contributed by atoms with Crippen LogP contribution in [0, 0.1) is 23.2 Å². The number of carbonyl (C=O) groups is 2. The van der Waals surface area contributed by atoms with Gasteiger partial charge in [0.05, 0.1) is 17.6 Å². The van der Waals surface area contributed by atoms with E-state index in [4.69, 9.17) is 14.4 Å². The van der Waals surface area contributed by atoms with E-state index in [9.17, 15) is 9.59 Å². The first-order chi connectivity index (χ1) is 12.8. The molecule has 4 rings (SSSR count). The van der Waals surface area contributed by atoms with Crippen molar-refractivity contribution in [2.75, 3.05) is 0 Å². The van der Waals surface area contributed by atoms with Crippen LogP contribution in [0.15, 0.2) is 0 Å². The second-order valence-electron chi connectivity index (χ2n) is 10.6. The molecule has 5 atom stereocenters. The zero-order valence-corrected chi connectivity index (χ0v) is 18.2. The van der Waals surface area contributed by atoms with Crippen molar-refractivity contribution in [3.8, 4) is 0 Å². The lowest BCUT2D eigenvalue weighted by atomic mass is 9.43. The van der Waals surface area contributed by atoms with Crippen molar-refractivity contribution in [1.82, 2.24) is 10.6 Å². The lowest BCUT2D eigenvalue weighted by Crippen LogP contribution is -2.65. The van der Waals surface area contributed by atoms with Crippen LogP contribution in [0.25, 0.3) is 0 Å². The number of carboxylic acid groups (broad SMARTS) is 1. The Morgan fingerprint density at radius 1 is 1.25 bits per heavy atom. The molecular weight excluding hydrogens is 359 g/mol. The standard InChI is InChI=1S/C20H35BN2O5/c1-11(2)8-15(22-16(24)19(5,6)23-17(25)26)21-27-14-10-12-9-13(18(12,3)4)20(14,7)28-21/h11-15,23H,8-10H2,1-7H3,(H,22,24)(H,25,26)/t12-,13-,14+,15-,20-/m0/s1. The summed E-state index contributed by atoms with van der Waals surface area (Å²) in [6.07, 6.45) is 1.68. The number of rotatable bonds is 6. The predicted octanol–water partition coefficient (Wildman–Crippen LogP) is 2.83. The van der Waals surface area contributed by atoms with E-state index in [1.54, 1.807) is 13.8 Å². The molecule has 4 aliphatic rings. The van der Waals surface area contributed by atoms with E-state index in [-0.39, 0.29) is 29.0 Å². The SMILES string of the molecule is CC(C)C[C@H](NC(=O)C(C)(C)NC(=O)O)B1O[C@@H]2C[C@@H]3C[C@@H](C3(C)C)[C@]2(C)O1. The van der Waals surface area contributed by atoms with Gasteiger partial charge in [-0.05, 0) is 63.2 Å². The third kappa shape index (κ3) is 3.54. The van der Waals surface area contributed by atoms with Crippen LogP contribution in [-0.2, 0) is 14.1 Å². The first kappa shape index (κ1) is 21.4. The van der Waals surface area contributed by atoms with Gasteiger partial charge in [-0.1, -0.05) is 27.7 Å². The number of amides is 2. The molecule has 7 nitrogen and oxygen atoms in total. The highest BCUT2D eigenvalue weighted by Crippen LogP contribution is 2.65. The van der Waals surface area contributed by atoms with Crippen molar-refractivity contribution in [2.24, 2.45) is 23.2 Å². The lowest BCUT2D eigenvalue weighted by Gasteiger charge is -2.64. The average Bonchev–Trinajstić information content (AvgIpc) is 2.89. The van der Waals surface area contributed by atoms with Gasteiger partial charge in [-0.15, -0.1) is 0 Å². The van der Waals surface area contributed by atoms with E-state index in [1.807, 2.05) is 0 Å². The minimum atomic E-state index is -1.24. The van der Waals surface area contributed by atoms with E-state index in [1.165, 1.54) is 6.42 Å². The maximum atomic E-state index is 12.8. The third-order valence-electron chi connectivity index (χ3n) is 7.33. The molecule has 8 heteroatoms. The number of hydrogen-bond acceptors (Lipinski definition) is 4. The van der Waals surface area contributed by atoms with Crippen LogP contribution in [0.3, 0.4) is 0 Å². The average molecular weight is 394 g/mol. The maximum absolute atomic E-state index is 12.8. The fourth-order valence-electron chi connectivity index (χ4n) is 5.49. The highest BCUT2D eigenvalue weighted by atomic mass is 16.7. The molecule has 1 saturated heterocycles. The van der Waals surface area contributed by atoms with Gasteiger partial charge >= 0.3 is 13.2 Å². The second-order valence-corrected chi connectivity index (χ2v) is 10.6. The molecule has 3 aliphatic carbocycles. The van der Waals surface area contributed by atoms with E-state index in [0.717, 1.165) is 6.42 Å². The molecular formula is C20H35BN2O5. The van der Waals surface area contributed by atoms with E-state index in [0.29, 0.717) is 24.2 Å². The van der Waals surface area contributed by atoms with E-state index < -0.39 is 18.8 Å². The molecule has 158 valence electrons. The van der Waals surface area contributed by atoms with Crippen LogP contribution in [0.5, 0.6) is 0 Å². The lowest BCUT2D eigenvalue weighted by molar-refractivity contribution is -0.199. The summed E-state index contributed by atoms with van der Waals surface area (Å²) < 4.78 is 12.9. The first-order valence-electron chi connectivity index (χ1n) is 10.4. The summed E-state index contributed by atoms with van der Waals surface area (Å²) in [5, 5.41) is 14.3. The molecule has 3 saturated carbocycles. The molecule has 0 aromatic heterocycles. The highest BCUT2D eigenvalue weighted by molar-refractivity contribution is 6.48. The summed E-state index contributed by atoms with van der Waals surface area (Å²) in [5.41, 5.74) is -1.31. The van der Waals surface area contributed by atoms with Crippen molar-refractivity contribution in [2.45, 2.75) is 90.9 Å². The summed E-state index contributed by atoms with van der Waals surface area (Å²) in [4.78, 5) is 23.8. The highest BCUT2D eigenvalue weighted by Gasteiger charge is 2.68. The number of hydrogen-bond donors (Lipinski definition) is 3. The zero-order chi connectivity index (χ0) is 21.1. The monoisotopic (exact) mass is 394 g/mol. The number of carbonyl (C=O) groups excluding carboxylic acids is 1. The van der Waals surface area contributed by atoms with Gasteiger partial charge < -0.3 is 25.0 Å². The Morgan fingerprint density at radius 3 is 2.43 bits per heavy atom. The van der Waals surface area contributed by atoms with Crippen molar-refractivity contribution in [3.63, 3.8) is 0 Å². The quantitative estimate of drug-likeness (QED) is 0.602. The van der Waals surface area contributed by atoms with Gasteiger partial charge in [0.15, 0.2) is 0 Å². The van der Waals surface area contributed by atoms with Gasteiger partial charge in [0.1, 0.15) is 5.54 Å². The molecule has 0 aromatic carbocycles. The Hall–Kier alpha value is -1.28. The molecule has 28 heavy (non-hydrogen) atoms. The van der Waals surface area contributed by atoms with E-state index >= 15 is 0 Å². The van der Waals surface area contributed by atoms with Crippen molar-refractivity contribution in [1.29, 1.82) is 0 Å². The van der Waals surface area contributed by atoms with Gasteiger partial charge in [-0.3, -0.25) is 4.79 Å². The van der Waals surface area contributed by atoms with Crippen LogP contribution in [0.1, 0.15) is 67.7 Å².